The Morgan fingerprint density at radius 2 is 2.15 bits per heavy atom. The molecule has 0 aliphatic heterocycles. The van der Waals surface area contributed by atoms with Gasteiger partial charge in [0.25, 0.3) is 11.5 Å². The Kier molecular flexibility index (Phi) is 4.85. The Hall–Kier alpha value is -3.40. The van der Waals surface area contributed by atoms with Crippen molar-refractivity contribution < 1.29 is 18.7 Å². The number of H-pyrrole nitrogens is 1. The zero-order valence-corrected chi connectivity index (χ0v) is 14.3. The van der Waals surface area contributed by atoms with E-state index >= 15 is 0 Å². The number of rotatable bonds is 5. The summed E-state index contributed by atoms with van der Waals surface area (Å²) in [4.78, 5) is 51.1. The second-order valence-corrected chi connectivity index (χ2v) is 6.00. The molecule has 0 aromatic carbocycles. The molecule has 26 heavy (non-hydrogen) atoms. The van der Waals surface area contributed by atoms with Crippen LogP contribution in [0.4, 0.5) is 5.69 Å². The van der Waals surface area contributed by atoms with Crippen LogP contribution in [0.1, 0.15) is 25.8 Å². The second kappa shape index (κ2) is 7.23. The summed E-state index contributed by atoms with van der Waals surface area (Å²) in [5, 5.41) is 4.08. The molecule has 3 rings (SSSR count). The van der Waals surface area contributed by atoms with Gasteiger partial charge in [0, 0.05) is 6.20 Å². The molecule has 0 radical (unpaired) electrons. The van der Waals surface area contributed by atoms with Crippen molar-refractivity contribution in [1.29, 1.82) is 0 Å². The molecule has 0 saturated carbocycles. The average Bonchev–Trinajstić information content (AvgIpc) is 3.29. The standard InChI is InChI=1S/C16H13N3O6S/c1-24-15(22)12-11(4-6-26-12)18-13(20)10-7-17-16(23)19(14(10)21)8-9-3-2-5-25-9/h2-7H,8H2,1H3,(H,17,23)(H,18,20). The van der Waals surface area contributed by atoms with Crippen molar-refractivity contribution in [3.05, 3.63) is 73.1 Å². The van der Waals surface area contributed by atoms with Gasteiger partial charge < -0.3 is 19.5 Å². The Balaban J connectivity index is 1.91. The van der Waals surface area contributed by atoms with Crippen LogP contribution in [0.15, 0.2) is 50.0 Å². The van der Waals surface area contributed by atoms with Gasteiger partial charge in [-0.05, 0) is 23.6 Å². The third-order valence-corrected chi connectivity index (χ3v) is 4.38. The molecule has 0 atom stereocenters. The number of nitrogens with one attached hydrogen (secondary N) is 2. The smallest absolute Gasteiger partial charge is 0.350 e. The third-order valence-electron chi connectivity index (χ3n) is 3.48. The highest BCUT2D eigenvalue weighted by Gasteiger charge is 2.19. The number of thiophene rings is 1. The summed E-state index contributed by atoms with van der Waals surface area (Å²) < 4.78 is 10.6. The first-order valence-electron chi connectivity index (χ1n) is 7.33. The lowest BCUT2D eigenvalue weighted by molar-refractivity contribution is 0.0607. The minimum absolute atomic E-state index is 0.117. The van der Waals surface area contributed by atoms with Gasteiger partial charge in [0.05, 0.1) is 25.6 Å². The van der Waals surface area contributed by atoms with Gasteiger partial charge >= 0.3 is 11.7 Å². The second-order valence-electron chi connectivity index (χ2n) is 5.09. The summed E-state index contributed by atoms with van der Waals surface area (Å²) in [6.07, 6.45) is 2.44. The first kappa shape index (κ1) is 17.4. The number of amides is 1. The zero-order chi connectivity index (χ0) is 18.7. The maximum Gasteiger partial charge on any atom is 0.350 e. The van der Waals surface area contributed by atoms with E-state index in [4.69, 9.17) is 4.42 Å². The highest BCUT2D eigenvalue weighted by Crippen LogP contribution is 2.23. The molecule has 0 aliphatic carbocycles. The van der Waals surface area contributed by atoms with Crippen LogP contribution < -0.4 is 16.6 Å². The number of nitrogens with zero attached hydrogens (tertiary/aromatic N) is 1. The van der Waals surface area contributed by atoms with Crippen molar-refractivity contribution in [1.82, 2.24) is 9.55 Å². The monoisotopic (exact) mass is 375 g/mol. The lowest BCUT2D eigenvalue weighted by Crippen LogP contribution is -2.39. The van der Waals surface area contributed by atoms with E-state index in [9.17, 15) is 19.2 Å². The van der Waals surface area contributed by atoms with Crippen LogP contribution in [-0.4, -0.2) is 28.5 Å². The molecule has 10 heteroatoms. The maximum absolute atomic E-state index is 12.5. The zero-order valence-electron chi connectivity index (χ0n) is 13.5. The highest BCUT2D eigenvalue weighted by molar-refractivity contribution is 7.12. The van der Waals surface area contributed by atoms with Crippen LogP contribution in [0.25, 0.3) is 0 Å². The van der Waals surface area contributed by atoms with Crippen LogP contribution in [-0.2, 0) is 11.3 Å². The summed E-state index contributed by atoms with van der Waals surface area (Å²) in [7, 11) is 1.23. The number of aromatic amines is 1. The predicted molar refractivity (Wildman–Crippen MR) is 92.7 cm³/mol. The Bertz CT molecular complexity index is 1060. The Morgan fingerprint density at radius 1 is 1.35 bits per heavy atom. The van der Waals surface area contributed by atoms with E-state index in [2.05, 4.69) is 15.0 Å². The lowest BCUT2D eigenvalue weighted by Gasteiger charge is -2.07. The molecule has 1 amide bonds. The normalized spacial score (nSPS) is 10.5. The Labute approximate surface area is 149 Å². The van der Waals surface area contributed by atoms with Crippen LogP contribution in [0.5, 0.6) is 0 Å². The van der Waals surface area contributed by atoms with Gasteiger partial charge in [0.2, 0.25) is 0 Å². The fraction of sp³-hybridized carbons (Fsp3) is 0.125. The minimum Gasteiger partial charge on any atom is -0.467 e. The number of ether oxygens (including phenoxy) is 1. The largest absolute Gasteiger partial charge is 0.467 e. The van der Waals surface area contributed by atoms with Crippen molar-refractivity contribution in [3.63, 3.8) is 0 Å². The molecule has 0 unspecified atom stereocenters. The summed E-state index contributed by atoms with van der Waals surface area (Å²) in [6.45, 7) is -0.117. The number of methoxy groups -OCH3 is 1. The SMILES string of the molecule is COC(=O)c1sccc1NC(=O)c1c[nH]c(=O)n(Cc2ccco2)c1=O. The van der Waals surface area contributed by atoms with E-state index in [1.165, 1.54) is 19.4 Å². The van der Waals surface area contributed by atoms with Crippen molar-refractivity contribution in [2.24, 2.45) is 0 Å². The molecule has 0 spiro atoms. The van der Waals surface area contributed by atoms with Crippen molar-refractivity contribution >= 4 is 28.9 Å². The molecule has 9 nitrogen and oxygen atoms in total. The fourth-order valence-corrected chi connectivity index (χ4v) is 2.99. The van der Waals surface area contributed by atoms with Crippen LogP contribution in [0.2, 0.25) is 0 Å². The van der Waals surface area contributed by atoms with Crippen LogP contribution >= 0.6 is 11.3 Å². The molecule has 2 N–H and O–H groups in total. The molecule has 3 aromatic heterocycles. The Morgan fingerprint density at radius 3 is 2.85 bits per heavy atom. The van der Waals surface area contributed by atoms with Crippen LogP contribution in [0.3, 0.4) is 0 Å². The molecule has 0 aliphatic rings. The maximum atomic E-state index is 12.5. The van der Waals surface area contributed by atoms with E-state index in [1.807, 2.05) is 0 Å². The van der Waals surface area contributed by atoms with E-state index < -0.39 is 23.1 Å². The number of furan rings is 1. The summed E-state index contributed by atoms with van der Waals surface area (Å²) in [5.41, 5.74) is -1.51. The van der Waals surface area contributed by atoms with E-state index in [1.54, 1.807) is 17.5 Å². The van der Waals surface area contributed by atoms with Gasteiger partial charge in [-0.25, -0.2) is 9.59 Å². The number of carbonyl (C=O) groups is 2. The van der Waals surface area contributed by atoms with Gasteiger partial charge in [-0.1, -0.05) is 0 Å². The molecule has 134 valence electrons. The number of hydrogen-bond acceptors (Lipinski definition) is 7. The number of hydrogen-bond donors (Lipinski definition) is 2. The number of esters is 1. The molecular weight excluding hydrogens is 362 g/mol. The molecule has 0 bridgehead atoms. The molecule has 0 saturated heterocycles. The van der Waals surface area contributed by atoms with Crippen LogP contribution in [0, 0.1) is 0 Å². The molecule has 3 heterocycles. The summed E-state index contributed by atoms with van der Waals surface area (Å²) >= 11 is 1.09. The van der Waals surface area contributed by atoms with E-state index in [0.29, 0.717) is 5.76 Å². The molecule has 0 fully saturated rings. The quantitative estimate of drug-likeness (QED) is 0.648. The summed E-state index contributed by atoms with van der Waals surface area (Å²) in [5.74, 6) is -0.976. The molecular formula is C16H13N3O6S. The van der Waals surface area contributed by atoms with Crippen molar-refractivity contribution in [2.75, 3.05) is 12.4 Å². The van der Waals surface area contributed by atoms with Gasteiger partial charge in [0.1, 0.15) is 16.2 Å². The topological polar surface area (TPSA) is 123 Å². The average molecular weight is 375 g/mol. The van der Waals surface area contributed by atoms with Gasteiger partial charge in [-0.15, -0.1) is 11.3 Å². The van der Waals surface area contributed by atoms with Gasteiger partial charge in [0.15, 0.2) is 0 Å². The van der Waals surface area contributed by atoms with Crippen molar-refractivity contribution in [2.45, 2.75) is 6.54 Å². The number of carbonyl (C=O) groups excluding carboxylic acids is 2. The highest BCUT2D eigenvalue weighted by atomic mass is 32.1. The number of anilines is 1. The van der Waals surface area contributed by atoms with Gasteiger partial charge in [-0.2, -0.15) is 0 Å². The van der Waals surface area contributed by atoms with Crippen molar-refractivity contribution in [3.8, 4) is 0 Å². The van der Waals surface area contributed by atoms with E-state index in [0.717, 1.165) is 22.1 Å². The van der Waals surface area contributed by atoms with E-state index in [-0.39, 0.29) is 22.7 Å². The first-order valence-corrected chi connectivity index (χ1v) is 8.21. The minimum atomic E-state index is -0.780. The predicted octanol–water partition coefficient (Wildman–Crippen LogP) is 1.28. The first-order chi connectivity index (χ1) is 12.5. The number of aromatic nitrogens is 2. The van der Waals surface area contributed by atoms with Gasteiger partial charge in [-0.3, -0.25) is 14.2 Å². The third kappa shape index (κ3) is 3.35. The molecule has 3 aromatic rings. The lowest BCUT2D eigenvalue weighted by atomic mass is 10.3. The fourth-order valence-electron chi connectivity index (χ4n) is 2.22. The summed E-state index contributed by atoms with van der Waals surface area (Å²) in [6, 6.07) is 4.74.